The Morgan fingerprint density at radius 2 is 1.85 bits per heavy atom. The number of nitro groups is 1. The molecule has 1 aliphatic heterocycles. The van der Waals surface area contributed by atoms with Crippen LogP contribution in [0, 0.1) is 10.1 Å². The number of non-ortho nitro benzene ring substituents is 1. The zero-order valence-electron chi connectivity index (χ0n) is 26.3. The number of nitrogens with zero attached hydrogens (tertiary/aromatic N) is 3. The first-order valence-corrected chi connectivity index (χ1v) is 16.3. The van der Waals surface area contributed by atoms with Gasteiger partial charge in [-0.25, -0.2) is 9.79 Å². The zero-order chi connectivity index (χ0) is 33.8. The van der Waals surface area contributed by atoms with Gasteiger partial charge in [0.2, 0.25) is 0 Å². The minimum atomic E-state index is -0.824. The first kappa shape index (κ1) is 33.6. The van der Waals surface area contributed by atoms with E-state index in [-0.39, 0.29) is 36.1 Å². The number of methoxy groups -OCH3 is 1. The fourth-order valence-electron chi connectivity index (χ4n) is 5.10. The van der Waals surface area contributed by atoms with E-state index in [0.717, 1.165) is 5.56 Å². The highest BCUT2D eigenvalue weighted by atomic mass is 79.9. The number of benzene rings is 3. The highest BCUT2D eigenvalue weighted by Crippen LogP contribution is 2.37. The number of carbonyl (C=O) groups is 1. The molecule has 244 valence electrons. The normalized spacial score (nSPS) is 14.4. The Labute approximate surface area is 282 Å². The Morgan fingerprint density at radius 3 is 2.51 bits per heavy atom. The average molecular weight is 723 g/mol. The van der Waals surface area contributed by atoms with Crippen molar-refractivity contribution in [1.29, 1.82) is 0 Å². The predicted octanol–water partition coefficient (Wildman–Crippen LogP) is 5.84. The summed E-state index contributed by atoms with van der Waals surface area (Å²) in [5.41, 5.74) is 2.42. The molecule has 0 unspecified atom stereocenters. The molecule has 0 spiro atoms. The summed E-state index contributed by atoms with van der Waals surface area (Å²) < 4.78 is 25.7. The summed E-state index contributed by atoms with van der Waals surface area (Å²) in [6.07, 6.45) is 1.59. The van der Waals surface area contributed by atoms with E-state index in [1.165, 1.54) is 35.1 Å². The molecule has 1 atom stereocenters. The van der Waals surface area contributed by atoms with Gasteiger partial charge in [-0.15, -0.1) is 0 Å². The quantitative estimate of drug-likeness (QED) is 0.107. The minimum Gasteiger partial charge on any atom is -0.493 e. The molecule has 0 aliphatic carbocycles. The van der Waals surface area contributed by atoms with Gasteiger partial charge in [-0.1, -0.05) is 45.5 Å². The van der Waals surface area contributed by atoms with Gasteiger partial charge < -0.3 is 18.9 Å². The molecule has 3 aromatic carbocycles. The number of thiazole rings is 1. The summed E-state index contributed by atoms with van der Waals surface area (Å²) in [6, 6.07) is 16.1. The van der Waals surface area contributed by atoms with Crippen LogP contribution in [0.4, 0.5) is 5.69 Å². The van der Waals surface area contributed by atoms with Crippen molar-refractivity contribution < 1.29 is 28.7 Å². The molecule has 1 aromatic heterocycles. The van der Waals surface area contributed by atoms with E-state index in [1.807, 2.05) is 38.1 Å². The lowest BCUT2D eigenvalue weighted by Crippen LogP contribution is -2.40. The lowest BCUT2D eigenvalue weighted by molar-refractivity contribution is -0.384. The Bertz CT molecular complexity index is 2050. The van der Waals surface area contributed by atoms with Gasteiger partial charge in [0.05, 0.1) is 40.5 Å². The second-order valence-corrected chi connectivity index (χ2v) is 12.6. The molecule has 2 heterocycles. The van der Waals surface area contributed by atoms with Gasteiger partial charge >= 0.3 is 5.97 Å². The van der Waals surface area contributed by atoms with E-state index in [9.17, 15) is 19.7 Å². The summed E-state index contributed by atoms with van der Waals surface area (Å²) in [7, 11) is 1.51. The number of carbonyl (C=O) groups excluding carboxylic acids is 1. The molecular formula is C34H32BrN3O8S. The number of rotatable bonds is 11. The van der Waals surface area contributed by atoms with Crippen LogP contribution in [0.25, 0.3) is 6.08 Å². The average Bonchev–Trinajstić information content (AvgIpc) is 3.34. The second-order valence-electron chi connectivity index (χ2n) is 10.7. The summed E-state index contributed by atoms with van der Waals surface area (Å²) in [6.45, 7) is 7.61. The summed E-state index contributed by atoms with van der Waals surface area (Å²) in [5.74, 6) is 0.861. The number of hydrogen-bond donors (Lipinski definition) is 0. The van der Waals surface area contributed by atoms with Crippen molar-refractivity contribution >= 4 is 45.0 Å². The van der Waals surface area contributed by atoms with Crippen molar-refractivity contribution in [1.82, 2.24) is 4.57 Å². The van der Waals surface area contributed by atoms with Crippen LogP contribution in [0.5, 0.6) is 17.2 Å². The third-order valence-corrected chi connectivity index (χ3v) is 8.87. The highest BCUT2D eigenvalue weighted by molar-refractivity contribution is 9.10. The molecule has 1 aliphatic rings. The maximum atomic E-state index is 14.2. The smallest absolute Gasteiger partial charge is 0.338 e. The Kier molecular flexibility index (Phi) is 10.3. The Morgan fingerprint density at radius 1 is 1.13 bits per heavy atom. The van der Waals surface area contributed by atoms with Crippen molar-refractivity contribution in [2.24, 2.45) is 4.99 Å². The predicted molar refractivity (Wildman–Crippen MR) is 181 cm³/mol. The topological polar surface area (TPSA) is 131 Å². The second kappa shape index (κ2) is 14.3. The van der Waals surface area contributed by atoms with Gasteiger partial charge in [0, 0.05) is 22.2 Å². The van der Waals surface area contributed by atoms with Gasteiger partial charge in [-0.05, 0) is 75.2 Å². The molecule has 0 amide bonds. The maximum Gasteiger partial charge on any atom is 0.338 e. The summed E-state index contributed by atoms with van der Waals surface area (Å²) >= 11 is 4.80. The van der Waals surface area contributed by atoms with E-state index in [0.29, 0.717) is 47.9 Å². The van der Waals surface area contributed by atoms with Gasteiger partial charge in [0.1, 0.15) is 18.4 Å². The Hall–Kier alpha value is -4.75. The van der Waals surface area contributed by atoms with Crippen LogP contribution in [0.15, 0.2) is 86.2 Å². The lowest BCUT2D eigenvalue weighted by atomic mass is 9.95. The standard InChI is InChI=1S/C34H32BrN3O8S/c1-6-44-33(40)30-20(4)36-34-37(31(30)24-9-7-8-10-26(24)46-19(2)3)32(39)29(47-34)16-22-15-27(43-5)28(17-25(22)35)45-18-21-11-13-23(14-12-21)38(41)42/h7-17,19,31H,6,18H2,1-5H3/b29-16+/t31-/m1/s1. The van der Waals surface area contributed by atoms with Crippen molar-refractivity contribution in [3.63, 3.8) is 0 Å². The van der Waals surface area contributed by atoms with Crippen LogP contribution >= 0.6 is 27.3 Å². The highest BCUT2D eigenvalue weighted by Gasteiger charge is 2.35. The van der Waals surface area contributed by atoms with Crippen molar-refractivity contribution in [3.05, 3.63) is 123 Å². The monoisotopic (exact) mass is 721 g/mol. The largest absolute Gasteiger partial charge is 0.493 e. The zero-order valence-corrected chi connectivity index (χ0v) is 28.7. The molecule has 0 fully saturated rings. The van der Waals surface area contributed by atoms with Crippen LogP contribution in [-0.2, 0) is 16.1 Å². The number of allylic oxidation sites excluding steroid dienone is 1. The molecule has 0 N–H and O–H groups in total. The van der Waals surface area contributed by atoms with Gasteiger partial charge in [-0.2, -0.15) is 0 Å². The number of para-hydroxylation sites is 1. The van der Waals surface area contributed by atoms with Crippen LogP contribution in [0.2, 0.25) is 0 Å². The van der Waals surface area contributed by atoms with E-state index < -0.39 is 16.9 Å². The fraction of sp³-hybridized carbons (Fsp3) is 0.265. The molecule has 13 heteroatoms. The number of ether oxygens (including phenoxy) is 4. The van der Waals surface area contributed by atoms with Gasteiger partial charge in [0.25, 0.3) is 11.2 Å². The van der Waals surface area contributed by atoms with E-state index in [4.69, 9.17) is 18.9 Å². The SMILES string of the molecule is CCOC(=O)C1=C(C)N=c2s/c(=C/c3cc(OC)c(OCc4ccc([N+](=O)[O-])cc4)cc3Br)c(=O)n2[C@@H]1c1ccccc1OC(C)C. The van der Waals surface area contributed by atoms with E-state index in [1.54, 1.807) is 44.2 Å². The molecule has 0 saturated heterocycles. The van der Waals surface area contributed by atoms with Crippen LogP contribution in [0.3, 0.4) is 0 Å². The van der Waals surface area contributed by atoms with Gasteiger partial charge in [0.15, 0.2) is 16.3 Å². The minimum absolute atomic E-state index is 0.00425. The lowest BCUT2D eigenvalue weighted by Gasteiger charge is -2.26. The molecule has 5 rings (SSSR count). The third-order valence-electron chi connectivity index (χ3n) is 7.20. The van der Waals surface area contributed by atoms with Crippen LogP contribution in [-0.4, -0.2) is 35.3 Å². The number of halogens is 1. The van der Waals surface area contributed by atoms with Gasteiger partial charge in [-0.3, -0.25) is 19.5 Å². The molecular weight excluding hydrogens is 690 g/mol. The fourth-order valence-corrected chi connectivity index (χ4v) is 6.58. The number of fused-ring (bicyclic) bond motifs is 1. The number of aromatic nitrogens is 1. The maximum absolute atomic E-state index is 14.2. The first-order valence-electron chi connectivity index (χ1n) is 14.7. The molecule has 47 heavy (non-hydrogen) atoms. The van der Waals surface area contributed by atoms with E-state index in [2.05, 4.69) is 20.9 Å². The molecule has 0 radical (unpaired) electrons. The van der Waals surface area contributed by atoms with E-state index >= 15 is 0 Å². The van der Waals surface area contributed by atoms with Crippen LogP contribution < -0.4 is 29.1 Å². The van der Waals surface area contributed by atoms with Crippen molar-refractivity contribution in [2.75, 3.05) is 13.7 Å². The summed E-state index contributed by atoms with van der Waals surface area (Å²) in [5, 5.41) is 11.0. The molecule has 0 bridgehead atoms. The van der Waals surface area contributed by atoms with Crippen LogP contribution in [0.1, 0.15) is 50.4 Å². The van der Waals surface area contributed by atoms with Crippen molar-refractivity contribution in [3.8, 4) is 17.2 Å². The number of hydrogen-bond acceptors (Lipinski definition) is 10. The molecule has 11 nitrogen and oxygen atoms in total. The molecule has 4 aromatic rings. The first-order chi connectivity index (χ1) is 22.5. The Balaban J connectivity index is 1.57. The molecule has 0 saturated carbocycles. The van der Waals surface area contributed by atoms with Crippen molar-refractivity contribution in [2.45, 2.75) is 46.4 Å². The number of nitro benzene ring substituents is 1. The third kappa shape index (κ3) is 7.15. The summed E-state index contributed by atoms with van der Waals surface area (Å²) in [4.78, 5) is 43.1. The number of esters is 1.